The predicted octanol–water partition coefficient (Wildman–Crippen LogP) is 1.13. The summed E-state index contributed by atoms with van der Waals surface area (Å²) in [5.41, 5.74) is 19.4. The Balaban J connectivity index is 1.40. The first-order chi connectivity index (χ1) is 45.4. The maximum absolute atomic E-state index is 14.8. The molecule has 5 rings (SSSR count). The molecule has 0 aliphatic carbocycles. The van der Waals surface area contributed by atoms with Crippen LogP contribution in [0.15, 0.2) is 91.9 Å². The number of unbranched alkanes of at least 4 members (excludes halogenated alkanes) is 2. The molecule has 95 heavy (non-hydrogen) atoms. The number of para-hydroxylation sites is 1. The number of aromatic nitrogens is 5. The van der Waals surface area contributed by atoms with Crippen molar-refractivity contribution in [3.8, 4) is 0 Å². The van der Waals surface area contributed by atoms with E-state index in [2.05, 4.69) is 72.8 Å². The number of carboxylic acids is 1. The molecule has 0 radical (unpaired) electrons. The second kappa shape index (κ2) is 39.2. The highest BCUT2D eigenvalue weighted by Gasteiger charge is 2.38. The van der Waals surface area contributed by atoms with Crippen LogP contribution in [0.3, 0.4) is 0 Å². The fraction of sp³-hybridized carbons (Fsp3) is 0.515. The molecule has 18 N–H and O–H groups in total. The molecule has 5 aromatic rings. The summed E-state index contributed by atoms with van der Waals surface area (Å²) in [6.45, 7) is 11.3. The van der Waals surface area contributed by atoms with Crippen LogP contribution in [0.4, 0.5) is 0 Å². The number of aliphatic carboxylic acids is 1. The van der Waals surface area contributed by atoms with Crippen molar-refractivity contribution in [2.75, 3.05) is 13.1 Å². The van der Waals surface area contributed by atoms with Crippen LogP contribution in [0.1, 0.15) is 139 Å². The summed E-state index contributed by atoms with van der Waals surface area (Å²) in [5.74, 6) is -10.4. The lowest BCUT2D eigenvalue weighted by Gasteiger charge is -2.30. The number of amides is 10. The number of rotatable bonds is 42. The molecule has 0 spiro atoms. The Kier molecular flexibility index (Phi) is 31.4. The molecule has 0 saturated carbocycles. The van der Waals surface area contributed by atoms with Gasteiger partial charge < -0.3 is 80.1 Å². The SMILES string of the molecule is CC[C@H](C)[C@H](NC(=O)[C@H](CC(C)C)NC(=O)[C@@H](Cc1c[nH]c2ccccc12)NC(=O)[C@@H](CCCCN)NC(=O)c1cnccn1)C(=O)N[C@@H](CCC(N)=O)C(=O)N[C@@H](CC(C)C)C(=O)N[C@@H](Cc1ccccc1)C(=O)N[C@@H](Cc1cnc[nH]1)C(=O)N[C@H](CCCCN)C(=O)O. The van der Waals surface area contributed by atoms with Crippen molar-refractivity contribution >= 4 is 75.9 Å². The Morgan fingerprint density at radius 2 is 1.02 bits per heavy atom. The molecule has 0 bridgehead atoms. The lowest BCUT2D eigenvalue weighted by Crippen LogP contribution is -2.61. The molecule has 29 heteroatoms. The fourth-order valence-corrected chi connectivity index (χ4v) is 10.6. The highest BCUT2D eigenvalue weighted by atomic mass is 16.4. The van der Waals surface area contributed by atoms with E-state index in [1.54, 1.807) is 64.2 Å². The predicted molar refractivity (Wildman–Crippen MR) is 353 cm³/mol. The van der Waals surface area contributed by atoms with Crippen LogP contribution in [0, 0.1) is 17.8 Å². The van der Waals surface area contributed by atoms with Crippen LogP contribution < -0.4 is 65.1 Å². The van der Waals surface area contributed by atoms with E-state index in [-0.39, 0.29) is 68.9 Å². The largest absolute Gasteiger partial charge is 0.480 e. The number of aromatic amines is 2. The normalized spacial score (nSPS) is 14.5. The number of hydrogen-bond acceptors (Lipinski definition) is 16. The Bertz CT molecular complexity index is 3310. The number of benzene rings is 2. The van der Waals surface area contributed by atoms with Gasteiger partial charge in [-0.25, -0.2) is 14.8 Å². The first-order valence-electron chi connectivity index (χ1n) is 32.4. The molecule has 0 fully saturated rings. The number of carboxylic acid groups (broad SMARTS) is 1. The number of hydrogen-bond donors (Lipinski definition) is 15. The summed E-state index contributed by atoms with van der Waals surface area (Å²) in [6, 6.07) is 3.85. The van der Waals surface area contributed by atoms with Crippen LogP contribution >= 0.6 is 0 Å². The maximum Gasteiger partial charge on any atom is 0.326 e. The van der Waals surface area contributed by atoms with Gasteiger partial charge in [0.2, 0.25) is 53.2 Å². The number of nitrogens with one attached hydrogen (secondary N) is 11. The highest BCUT2D eigenvalue weighted by molar-refractivity contribution is 6.00. The number of nitrogens with zero attached hydrogens (tertiary/aromatic N) is 3. The fourth-order valence-electron chi connectivity index (χ4n) is 10.6. The lowest BCUT2D eigenvalue weighted by atomic mass is 9.95. The highest BCUT2D eigenvalue weighted by Crippen LogP contribution is 2.21. The van der Waals surface area contributed by atoms with E-state index < -0.39 is 132 Å². The molecule has 29 nitrogen and oxygen atoms in total. The number of H-pyrrole nitrogens is 2. The Hall–Kier alpha value is -9.64. The molecule has 0 unspecified atom stereocenters. The van der Waals surface area contributed by atoms with Gasteiger partial charge in [0.25, 0.3) is 5.91 Å². The smallest absolute Gasteiger partial charge is 0.326 e. The van der Waals surface area contributed by atoms with E-state index in [1.165, 1.54) is 31.1 Å². The zero-order valence-electron chi connectivity index (χ0n) is 54.9. The Labute approximate surface area is 552 Å². The van der Waals surface area contributed by atoms with E-state index >= 15 is 0 Å². The summed E-state index contributed by atoms with van der Waals surface area (Å²) in [7, 11) is 0. The molecule has 0 saturated heterocycles. The molecule has 516 valence electrons. The van der Waals surface area contributed by atoms with E-state index in [1.807, 2.05) is 38.1 Å². The van der Waals surface area contributed by atoms with Crippen molar-refractivity contribution < 1.29 is 57.8 Å². The van der Waals surface area contributed by atoms with Crippen molar-refractivity contribution in [3.05, 3.63) is 114 Å². The quantitative estimate of drug-likeness (QED) is 0.0244. The number of fused-ring (bicyclic) bond motifs is 1. The summed E-state index contributed by atoms with van der Waals surface area (Å²) in [6.07, 6.45) is 9.87. The number of nitrogens with two attached hydrogens (primary N) is 3. The van der Waals surface area contributed by atoms with Gasteiger partial charge in [-0.05, 0) is 106 Å². The van der Waals surface area contributed by atoms with E-state index in [9.17, 15) is 57.8 Å². The average molecular weight is 1320 g/mol. The van der Waals surface area contributed by atoms with Gasteiger partial charge in [0.05, 0.1) is 12.5 Å². The molecular formula is C66H95N17O12. The molecule has 3 heterocycles. The first kappa shape index (κ1) is 76.1. The number of imidazole rings is 1. The minimum absolute atomic E-state index is 0.00399. The van der Waals surface area contributed by atoms with Gasteiger partial charge in [-0.1, -0.05) is 96.5 Å². The summed E-state index contributed by atoms with van der Waals surface area (Å²) in [4.78, 5) is 172. The van der Waals surface area contributed by atoms with Gasteiger partial charge in [0, 0.05) is 67.1 Å². The van der Waals surface area contributed by atoms with Gasteiger partial charge in [0.15, 0.2) is 0 Å². The third kappa shape index (κ3) is 25.3. The third-order valence-corrected chi connectivity index (χ3v) is 16.0. The first-order valence-corrected chi connectivity index (χ1v) is 32.4. The lowest BCUT2D eigenvalue weighted by molar-refractivity contribution is -0.142. The van der Waals surface area contributed by atoms with Crippen LogP contribution in [0.5, 0.6) is 0 Å². The molecule has 0 aliphatic rings. The van der Waals surface area contributed by atoms with Crippen molar-refractivity contribution in [1.29, 1.82) is 0 Å². The number of carbonyl (C=O) groups excluding carboxylic acids is 10. The van der Waals surface area contributed by atoms with Gasteiger partial charge in [0.1, 0.15) is 60.1 Å². The van der Waals surface area contributed by atoms with Crippen LogP contribution in [0.25, 0.3) is 10.9 Å². The zero-order valence-corrected chi connectivity index (χ0v) is 54.9. The summed E-state index contributed by atoms with van der Waals surface area (Å²) in [5, 5.41) is 35.3. The maximum atomic E-state index is 14.8. The second-order valence-electron chi connectivity index (χ2n) is 24.6. The van der Waals surface area contributed by atoms with E-state index in [0.717, 1.165) is 10.9 Å². The van der Waals surface area contributed by atoms with Crippen molar-refractivity contribution in [2.45, 2.75) is 186 Å². The van der Waals surface area contributed by atoms with Crippen molar-refractivity contribution in [3.63, 3.8) is 0 Å². The molecule has 2 aromatic carbocycles. The Morgan fingerprint density at radius 3 is 1.56 bits per heavy atom. The summed E-state index contributed by atoms with van der Waals surface area (Å²) < 4.78 is 0. The minimum atomic E-state index is -1.54. The number of primary amides is 1. The number of carbonyl (C=O) groups is 11. The minimum Gasteiger partial charge on any atom is -0.480 e. The molecule has 10 amide bonds. The van der Waals surface area contributed by atoms with Crippen molar-refractivity contribution in [2.24, 2.45) is 35.0 Å². The van der Waals surface area contributed by atoms with Crippen LogP contribution in [-0.4, -0.2) is 163 Å². The van der Waals surface area contributed by atoms with E-state index in [0.29, 0.717) is 62.0 Å². The van der Waals surface area contributed by atoms with Crippen LogP contribution in [0.2, 0.25) is 0 Å². The third-order valence-electron chi connectivity index (χ3n) is 16.0. The van der Waals surface area contributed by atoms with E-state index in [4.69, 9.17) is 17.2 Å². The van der Waals surface area contributed by atoms with Gasteiger partial charge in [-0.3, -0.25) is 52.9 Å². The standard InChI is InChI=1S/C66H95N17O12/c1-7-40(6)56(83-63(91)50(30-39(4)5)79-61(89)52(32-42-34-73-45-20-12-11-19-44(42)45)81-57(85)46(21-13-15-25-67)75-64(92)54-36-70-27-28-72-54)65(93)76-47(23-24-55(69)84)58(86)78-49(29-38(2)3)59(87)80-51(31-41-17-9-8-10-18-41)60(88)82-53(33-43-35-71-37-74-43)62(90)77-48(66(94)95)22-14-16-26-68/h8-12,17-20,27-28,34-40,46-53,56,73H,7,13-16,21-26,29-33,67-68H2,1-6H3,(H2,69,84)(H,71,74)(H,75,92)(H,76,93)(H,77,90)(H,78,86)(H,79,89)(H,80,87)(H,81,85)(H,82,88)(H,83,91)(H,94,95)/t40-,46+,47-,48+,49-,50-,51-,52+,53-,56-/m0/s1. The molecular weight excluding hydrogens is 1220 g/mol. The van der Waals surface area contributed by atoms with Gasteiger partial charge in [-0.15, -0.1) is 0 Å². The molecule has 0 aliphatic heterocycles. The zero-order chi connectivity index (χ0) is 69.6. The Morgan fingerprint density at radius 1 is 0.516 bits per heavy atom. The van der Waals surface area contributed by atoms with Crippen LogP contribution in [-0.2, 0) is 67.2 Å². The monoisotopic (exact) mass is 1320 g/mol. The molecule has 10 atom stereocenters. The summed E-state index contributed by atoms with van der Waals surface area (Å²) >= 11 is 0. The second-order valence-corrected chi connectivity index (χ2v) is 24.6. The molecule has 3 aromatic heterocycles. The average Bonchev–Trinajstić information content (AvgIpc) is 1.57. The van der Waals surface area contributed by atoms with Crippen molar-refractivity contribution in [1.82, 2.24) is 72.8 Å². The van der Waals surface area contributed by atoms with Gasteiger partial charge in [-0.2, -0.15) is 0 Å². The van der Waals surface area contributed by atoms with Gasteiger partial charge >= 0.3 is 5.97 Å². The topological polar surface area (TPSA) is 465 Å².